The van der Waals surface area contributed by atoms with Crippen LogP contribution in [-0.2, 0) is 6.54 Å². The number of carboxylic acids is 1. The highest BCUT2D eigenvalue weighted by Crippen LogP contribution is 2.12. The minimum absolute atomic E-state index is 0.152. The van der Waals surface area contributed by atoms with Crippen molar-refractivity contribution < 1.29 is 19.4 Å². The molecule has 0 aromatic heterocycles. The first-order valence-electron chi connectivity index (χ1n) is 6.34. The summed E-state index contributed by atoms with van der Waals surface area (Å²) in [5.41, 5.74) is 1.49. The number of benzene rings is 2. The van der Waals surface area contributed by atoms with Crippen molar-refractivity contribution in [2.75, 3.05) is 7.11 Å². The van der Waals surface area contributed by atoms with E-state index >= 15 is 0 Å². The van der Waals surface area contributed by atoms with Gasteiger partial charge in [-0.1, -0.05) is 12.1 Å². The van der Waals surface area contributed by atoms with Crippen LogP contribution in [0.5, 0.6) is 5.75 Å². The van der Waals surface area contributed by atoms with Crippen LogP contribution in [0.15, 0.2) is 48.5 Å². The van der Waals surface area contributed by atoms with Crippen LogP contribution < -0.4 is 10.1 Å². The quantitative estimate of drug-likeness (QED) is 0.884. The second-order valence-corrected chi connectivity index (χ2v) is 4.42. The second kappa shape index (κ2) is 6.56. The van der Waals surface area contributed by atoms with Gasteiger partial charge in [0.2, 0.25) is 0 Å². The summed E-state index contributed by atoms with van der Waals surface area (Å²) >= 11 is 0. The Hall–Kier alpha value is -2.82. The molecule has 0 bridgehead atoms. The normalized spacial score (nSPS) is 9.95. The number of ether oxygens (including phenoxy) is 1. The number of aromatic carboxylic acids is 1. The molecule has 0 fully saturated rings. The molecular formula is C16H15NO4. The molecule has 2 aromatic carbocycles. The van der Waals surface area contributed by atoms with Gasteiger partial charge in [-0.05, 0) is 42.0 Å². The number of hydrogen-bond donors (Lipinski definition) is 2. The van der Waals surface area contributed by atoms with Crippen LogP contribution in [0.2, 0.25) is 0 Å². The number of carbonyl (C=O) groups excluding carboxylic acids is 1. The van der Waals surface area contributed by atoms with E-state index in [1.54, 1.807) is 7.11 Å². The molecule has 0 saturated carbocycles. The summed E-state index contributed by atoms with van der Waals surface area (Å²) in [6.07, 6.45) is 0. The molecule has 0 radical (unpaired) electrons. The lowest BCUT2D eigenvalue weighted by molar-refractivity contribution is 0.0696. The molecule has 5 nitrogen and oxygen atoms in total. The molecule has 5 heteroatoms. The van der Waals surface area contributed by atoms with Gasteiger partial charge in [0.05, 0.1) is 12.7 Å². The van der Waals surface area contributed by atoms with Gasteiger partial charge in [0.25, 0.3) is 5.91 Å². The topological polar surface area (TPSA) is 75.6 Å². The molecule has 0 aliphatic heterocycles. The molecule has 2 N–H and O–H groups in total. The maximum atomic E-state index is 12.0. The summed E-state index contributed by atoms with van der Waals surface area (Å²) in [7, 11) is 1.59. The Bertz CT molecular complexity index is 650. The highest BCUT2D eigenvalue weighted by molar-refractivity contribution is 5.95. The number of hydrogen-bond acceptors (Lipinski definition) is 3. The molecule has 108 valence electrons. The van der Waals surface area contributed by atoms with E-state index in [1.807, 2.05) is 24.3 Å². The Labute approximate surface area is 122 Å². The molecule has 0 spiro atoms. The van der Waals surface area contributed by atoms with E-state index in [4.69, 9.17) is 9.84 Å². The van der Waals surface area contributed by atoms with E-state index in [2.05, 4.69) is 5.32 Å². The fraction of sp³-hybridized carbons (Fsp3) is 0.125. The molecule has 0 saturated heterocycles. The third kappa shape index (κ3) is 3.82. The SMILES string of the molecule is COc1cccc(CNC(=O)c2ccc(C(=O)O)cc2)c1. The van der Waals surface area contributed by atoms with Crippen LogP contribution in [0, 0.1) is 0 Å². The molecule has 21 heavy (non-hydrogen) atoms. The summed E-state index contributed by atoms with van der Waals surface area (Å²) < 4.78 is 5.11. The van der Waals surface area contributed by atoms with Crippen molar-refractivity contribution in [3.8, 4) is 5.75 Å². The predicted octanol–water partition coefficient (Wildman–Crippen LogP) is 2.32. The van der Waals surface area contributed by atoms with Crippen LogP contribution in [0.4, 0.5) is 0 Å². The van der Waals surface area contributed by atoms with Gasteiger partial charge in [-0.3, -0.25) is 4.79 Å². The van der Waals surface area contributed by atoms with E-state index < -0.39 is 5.97 Å². The molecule has 2 aromatic rings. The first-order valence-corrected chi connectivity index (χ1v) is 6.34. The molecule has 0 unspecified atom stereocenters. The van der Waals surface area contributed by atoms with Gasteiger partial charge >= 0.3 is 5.97 Å². The Morgan fingerprint density at radius 1 is 1.10 bits per heavy atom. The van der Waals surface area contributed by atoms with Crippen molar-refractivity contribution in [2.24, 2.45) is 0 Å². The molecule has 1 amide bonds. The summed E-state index contributed by atoms with van der Waals surface area (Å²) in [5, 5.41) is 11.6. The van der Waals surface area contributed by atoms with Crippen molar-refractivity contribution in [1.82, 2.24) is 5.32 Å². The van der Waals surface area contributed by atoms with E-state index in [9.17, 15) is 9.59 Å². The number of carboxylic acid groups (broad SMARTS) is 1. The standard InChI is InChI=1S/C16H15NO4/c1-21-14-4-2-3-11(9-14)10-17-15(18)12-5-7-13(8-6-12)16(19)20/h2-9H,10H2,1H3,(H,17,18)(H,19,20). The first kappa shape index (κ1) is 14.6. The molecule has 0 aliphatic rings. The molecule has 0 aliphatic carbocycles. The highest BCUT2D eigenvalue weighted by Gasteiger charge is 2.07. The van der Waals surface area contributed by atoms with Gasteiger partial charge in [0.1, 0.15) is 5.75 Å². The highest BCUT2D eigenvalue weighted by atomic mass is 16.5. The van der Waals surface area contributed by atoms with Crippen LogP contribution in [0.1, 0.15) is 26.3 Å². The Balaban J connectivity index is 1.99. The van der Waals surface area contributed by atoms with E-state index in [-0.39, 0.29) is 11.5 Å². The zero-order valence-corrected chi connectivity index (χ0v) is 11.5. The Kier molecular flexibility index (Phi) is 4.56. The van der Waals surface area contributed by atoms with Crippen LogP contribution in [-0.4, -0.2) is 24.1 Å². The number of amides is 1. The molecular weight excluding hydrogens is 270 g/mol. The fourth-order valence-corrected chi connectivity index (χ4v) is 1.83. The van der Waals surface area contributed by atoms with Gasteiger partial charge in [-0.25, -0.2) is 4.79 Å². The van der Waals surface area contributed by atoms with E-state index in [1.165, 1.54) is 24.3 Å². The number of carbonyl (C=O) groups is 2. The summed E-state index contributed by atoms with van der Waals surface area (Å²) in [4.78, 5) is 22.7. The average molecular weight is 285 g/mol. The molecule has 0 heterocycles. The van der Waals surface area contributed by atoms with Crippen molar-refractivity contribution >= 4 is 11.9 Å². The summed E-state index contributed by atoms with van der Waals surface area (Å²) in [5.74, 6) is -0.541. The Morgan fingerprint density at radius 3 is 2.38 bits per heavy atom. The van der Waals surface area contributed by atoms with Crippen LogP contribution in [0.3, 0.4) is 0 Å². The first-order chi connectivity index (χ1) is 10.1. The maximum Gasteiger partial charge on any atom is 0.335 e. The Morgan fingerprint density at radius 2 is 1.76 bits per heavy atom. The van der Waals surface area contributed by atoms with E-state index in [0.29, 0.717) is 12.1 Å². The van der Waals surface area contributed by atoms with Crippen molar-refractivity contribution in [3.05, 3.63) is 65.2 Å². The lowest BCUT2D eigenvalue weighted by Gasteiger charge is -2.07. The van der Waals surface area contributed by atoms with Crippen molar-refractivity contribution in [1.29, 1.82) is 0 Å². The third-order valence-electron chi connectivity index (χ3n) is 2.98. The zero-order valence-electron chi connectivity index (χ0n) is 11.5. The third-order valence-corrected chi connectivity index (χ3v) is 2.98. The van der Waals surface area contributed by atoms with Gasteiger partial charge in [-0.15, -0.1) is 0 Å². The monoisotopic (exact) mass is 285 g/mol. The zero-order chi connectivity index (χ0) is 15.2. The summed E-state index contributed by atoms with van der Waals surface area (Å²) in [6.45, 7) is 0.372. The number of nitrogens with one attached hydrogen (secondary N) is 1. The van der Waals surface area contributed by atoms with Crippen LogP contribution in [0.25, 0.3) is 0 Å². The lowest BCUT2D eigenvalue weighted by Crippen LogP contribution is -2.22. The minimum atomic E-state index is -1.02. The maximum absolute atomic E-state index is 12.0. The molecule has 0 atom stereocenters. The van der Waals surface area contributed by atoms with Crippen LogP contribution >= 0.6 is 0 Å². The van der Waals surface area contributed by atoms with Crippen molar-refractivity contribution in [2.45, 2.75) is 6.54 Å². The smallest absolute Gasteiger partial charge is 0.335 e. The minimum Gasteiger partial charge on any atom is -0.497 e. The lowest BCUT2D eigenvalue weighted by atomic mass is 10.1. The largest absolute Gasteiger partial charge is 0.497 e. The number of rotatable bonds is 5. The van der Waals surface area contributed by atoms with Gasteiger partial charge in [0, 0.05) is 12.1 Å². The van der Waals surface area contributed by atoms with E-state index in [0.717, 1.165) is 11.3 Å². The second-order valence-electron chi connectivity index (χ2n) is 4.42. The average Bonchev–Trinajstić information content (AvgIpc) is 2.53. The predicted molar refractivity (Wildman–Crippen MR) is 77.6 cm³/mol. The van der Waals surface area contributed by atoms with Gasteiger partial charge in [-0.2, -0.15) is 0 Å². The van der Waals surface area contributed by atoms with Gasteiger partial charge in [0.15, 0.2) is 0 Å². The fourth-order valence-electron chi connectivity index (χ4n) is 1.83. The summed E-state index contributed by atoms with van der Waals surface area (Å²) in [6, 6.07) is 13.2. The molecule has 2 rings (SSSR count). The van der Waals surface area contributed by atoms with Gasteiger partial charge < -0.3 is 15.2 Å². The number of methoxy groups -OCH3 is 1. The van der Waals surface area contributed by atoms with Crippen molar-refractivity contribution in [3.63, 3.8) is 0 Å².